The quantitative estimate of drug-likeness (QED) is 0.0972. The number of hydrogen-bond donors (Lipinski definition) is 0. The highest BCUT2D eigenvalue weighted by molar-refractivity contribution is 6.10. The molecule has 0 radical (unpaired) electrons. The van der Waals surface area contributed by atoms with Crippen molar-refractivity contribution in [1.82, 2.24) is 4.90 Å². The van der Waals surface area contributed by atoms with Crippen molar-refractivity contribution >= 4 is 18.1 Å². The van der Waals surface area contributed by atoms with Gasteiger partial charge in [0.2, 0.25) is 0 Å². The lowest BCUT2D eigenvalue weighted by Gasteiger charge is -2.33. The number of ether oxygens (including phenoxy) is 1. The summed E-state index contributed by atoms with van der Waals surface area (Å²) in [5.74, 6) is 0.479. The predicted molar refractivity (Wildman–Crippen MR) is 171 cm³/mol. The van der Waals surface area contributed by atoms with Gasteiger partial charge in [0.15, 0.2) is 6.29 Å². The van der Waals surface area contributed by atoms with Crippen LogP contribution in [0.3, 0.4) is 0 Å². The van der Waals surface area contributed by atoms with Gasteiger partial charge in [-0.3, -0.25) is 9.79 Å². The Labute approximate surface area is 249 Å². The molecule has 0 aromatic carbocycles. The Morgan fingerprint density at radius 1 is 1.15 bits per heavy atom. The van der Waals surface area contributed by atoms with Crippen LogP contribution in [-0.4, -0.2) is 48.2 Å². The molecule has 0 bridgehead atoms. The second-order valence-corrected chi connectivity index (χ2v) is 12.8. The molecule has 1 rings (SSSR count). The van der Waals surface area contributed by atoms with Gasteiger partial charge in [-0.05, 0) is 103 Å². The molecule has 0 aromatic rings. The first-order valence-electron chi connectivity index (χ1n) is 14.8. The Hall–Kier alpha value is -3.20. The van der Waals surface area contributed by atoms with Crippen LogP contribution in [0.25, 0.3) is 0 Å². The molecule has 0 spiro atoms. The molecule has 1 saturated carbocycles. The van der Waals surface area contributed by atoms with Gasteiger partial charge >= 0.3 is 6.09 Å². The van der Waals surface area contributed by atoms with Crippen molar-refractivity contribution < 1.29 is 14.3 Å². The van der Waals surface area contributed by atoms with Gasteiger partial charge in [0, 0.05) is 42.4 Å². The van der Waals surface area contributed by atoms with Gasteiger partial charge in [0.05, 0.1) is 6.07 Å². The summed E-state index contributed by atoms with van der Waals surface area (Å²) in [6.45, 7) is 29.1. The van der Waals surface area contributed by atoms with E-state index in [-0.39, 0.29) is 29.9 Å². The van der Waals surface area contributed by atoms with Crippen LogP contribution in [0.4, 0.5) is 4.79 Å². The summed E-state index contributed by atoms with van der Waals surface area (Å²) in [6.07, 6.45) is 7.27. The van der Waals surface area contributed by atoms with Crippen LogP contribution in [0.2, 0.25) is 0 Å². The first kappa shape index (κ1) is 35.8. The molecule has 1 amide bonds. The van der Waals surface area contributed by atoms with Gasteiger partial charge in [-0.2, -0.15) is 5.26 Å². The Kier molecular flexibility index (Phi) is 14.2. The molecule has 0 saturated heterocycles. The second-order valence-electron chi connectivity index (χ2n) is 12.8. The van der Waals surface area contributed by atoms with Crippen LogP contribution < -0.4 is 0 Å². The summed E-state index contributed by atoms with van der Waals surface area (Å²) in [4.78, 5) is 31.8. The SMILES string of the molecule is C=C(C)/C(C(=C)CC[C@@H](C)N(CC(C)C)C(=O)OC(C)(C)C)=C(C(C)=NC)/C(C=O)=C\C(=C)C1CCCC(C#N)C1. The standard InChI is InChI=1S/C35H53N3O3/c1-23(2)21-38(34(40)41-35(9,10)11)27(7)17-16-25(5)32(24(3)4)33(28(8)37-12)31(22-39)18-26(6)30-15-13-14-29(19-30)20-36/h18,22-23,27,29-30H,3,5-6,13-17,19,21H2,1-2,4,7-12H3/b31-18-,33-32-,37-28?/t27-,29?,30?/m1/s1. The molecule has 1 fully saturated rings. The number of carbonyl (C=O) groups is 2. The fourth-order valence-corrected chi connectivity index (χ4v) is 5.28. The third-order valence-electron chi connectivity index (χ3n) is 7.45. The lowest BCUT2D eigenvalue weighted by molar-refractivity contribution is -0.104. The molecule has 41 heavy (non-hydrogen) atoms. The molecule has 0 aromatic heterocycles. The van der Waals surface area contributed by atoms with E-state index in [9.17, 15) is 14.9 Å². The number of hydrogen-bond acceptors (Lipinski definition) is 5. The third kappa shape index (κ3) is 11.3. The van der Waals surface area contributed by atoms with Crippen LogP contribution in [0.1, 0.15) is 93.9 Å². The zero-order valence-electron chi connectivity index (χ0n) is 27.1. The van der Waals surface area contributed by atoms with Crippen molar-refractivity contribution in [1.29, 1.82) is 5.26 Å². The Morgan fingerprint density at radius 2 is 1.78 bits per heavy atom. The molecule has 2 unspecified atom stereocenters. The second kappa shape index (κ2) is 16.3. The number of carbonyl (C=O) groups excluding carboxylic acids is 2. The van der Waals surface area contributed by atoms with Crippen LogP contribution in [-0.2, 0) is 9.53 Å². The highest BCUT2D eigenvalue weighted by Crippen LogP contribution is 2.35. The van der Waals surface area contributed by atoms with Crippen molar-refractivity contribution in [2.24, 2.45) is 22.7 Å². The maximum Gasteiger partial charge on any atom is 0.410 e. The zero-order valence-corrected chi connectivity index (χ0v) is 27.1. The first-order valence-corrected chi connectivity index (χ1v) is 14.8. The Morgan fingerprint density at radius 3 is 2.27 bits per heavy atom. The number of aliphatic imine (C=N–C) groups is 1. The molecular weight excluding hydrogens is 510 g/mol. The van der Waals surface area contributed by atoms with Crippen LogP contribution in [0.5, 0.6) is 0 Å². The molecule has 3 atom stereocenters. The monoisotopic (exact) mass is 563 g/mol. The van der Waals surface area contributed by atoms with E-state index in [2.05, 4.69) is 44.6 Å². The number of nitriles is 1. The molecule has 226 valence electrons. The van der Waals surface area contributed by atoms with Crippen LogP contribution >= 0.6 is 0 Å². The van der Waals surface area contributed by atoms with E-state index in [1.54, 1.807) is 11.9 Å². The molecule has 6 heteroatoms. The third-order valence-corrected chi connectivity index (χ3v) is 7.45. The van der Waals surface area contributed by atoms with E-state index in [1.807, 2.05) is 47.6 Å². The molecule has 0 heterocycles. The summed E-state index contributed by atoms with van der Waals surface area (Å²) in [5, 5.41) is 9.43. The van der Waals surface area contributed by atoms with Crippen molar-refractivity contribution in [2.75, 3.05) is 13.6 Å². The average molecular weight is 564 g/mol. The van der Waals surface area contributed by atoms with E-state index in [1.165, 1.54) is 0 Å². The number of allylic oxidation sites excluding steroid dienone is 7. The van der Waals surface area contributed by atoms with E-state index in [0.717, 1.165) is 54.3 Å². The highest BCUT2D eigenvalue weighted by Gasteiger charge is 2.28. The topological polar surface area (TPSA) is 82.8 Å². The number of rotatable bonds is 13. The Bertz CT molecular complexity index is 1120. The fraction of sp³-hybridized carbons (Fsp3) is 0.600. The van der Waals surface area contributed by atoms with E-state index in [0.29, 0.717) is 36.2 Å². The summed E-state index contributed by atoms with van der Waals surface area (Å²) in [6, 6.07) is 2.31. The summed E-state index contributed by atoms with van der Waals surface area (Å²) in [5.41, 5.74) is 4.59. The lowest BCUT2D eigenvalue weighted by atomic mass is 9.77. The minimum atomic E-state index is -0.577. The number of nitrogens with zero attached hydrogens (tertiary/aromatic N) is 3. The van der Waals surface area contributed by atoms with Gasteiger partial charge in [0.1, 0.15) is 5.60 Å². The van der Waals surface area contributed by atoms with Crippen molar-refractivity contribution in [3.63, 3.8) is 0 Å². The average Bonchev–Trinajstić information content (AvgIpc) is 2.90. The fourth-order valence-electron chi connectivity index (χ4n) is 5.28. The maximum absolute atomic E-state index is 13.0. The number of amides is 1. The van der Waals surface area contributed by atoms with Crippen LogP contribution in [0.15, 0.2) is 64.2 Å². The smallest absolute Gasteiger partial charge is 0.410 e. The molecular formula is C35H53N3O3. The van der Waals surface area contributed by atoms with E-state index >= 15 is 0 Å². The predicted octanol–water partition coefficient (Wildman–Crippen LogP) is 8.58. The normalized spacial score (nSPS) is 19.5. The summed E-state index contributed by atoms with van der Waals surface area (Å²) in [7, 11) is 1.71. The van der Waals surface area contributed by atoms with E-state index < -0.39 is 5.60 Å². The molecule has 1 aliphatic rings. The first-order chi connectivity index (χ1) is 19.1. The minimum Gasteiger partial charge on any atom is -0.444 e. The molecule has 1 aliphatic carbocycles. The van der Waals surface area contributed by atoms with Gasteiger partial charge in [0.25, 0.3) is 0 Å². The van der Waals surface area contributed by atoms with E-state index in [4.69, 9.17) is 4.74 Å². The van der Waals surface area contributed by atoms with Gasteiger partial charge in [-0.1, -0.05) is 51.2 Å². The number of aldehydes is 1. The minimum absolute atomic E-state index is 0.0243. The molecule has 0 N–H and O–H groups in total. The molecule has 6 nitrogen and oxygen atoms in total. The van der Waals surface area contributed by atoms with Crippen molar-refractivity contribution in [3.8, 4) is 6.07 Å². The highest BCUT2D eigenvalue weighted by atomic mass is 16.6. The largest absolute Gasteiger partial charge is 0.444 e. The lowest BCUT2D eigenvalue weighted by Crippen LogP contribution is -2.44. The van der Waals surface area contributed by atoms with Gasteiger partial charge in [-0.15, -0.1) is 0 Å². The zero-order chi connectivity index (χ0) is 31.5. The van der Waals surface area contributed by atoms with Gasteiger partial charge in [-0.25, -0.2) is 4.79 Å². The van der Waals surface area contributed by atoms with Crippen molar-refractivity contribution in [2.45, 2.75) is 106 Å². The molecule has 0 aliphatic heterocycles. The van der Waals surface area contributed by atoms with Gasteiger partial charge < -0.3 is 9.64 Å². The summed E-state index contributed by atoms with van der Waals surface area (Å²) < 4.78 is 5.70. The maximum atomic E-state index is 13.0. The summed E-state index contributed by atoms with van der Waals surface area (Å²) >= 11 is 0. The van der Waals surface area contributed by atoms with Crippen LogP contribution in [0, 0.1) is 29.1 Å². The van der Waals surface area contributed by atoms with Crippen molar-refractivity contribution in [3.05, 3.63) is 59.3 Å². The Balaban J connectivity index is 3.39.